The van der Waals surface area contributed by atoms with Gasteiger partial charge in [-0.1, -0.05) is 25.1 Å². The Kier molecular flexibility index (Phi) is 6.36. The highest BCUT2D eigenvalue weighted by molar-refractivity contribution is 7.88. The second-order valence-electron chi connectivity index (χ2n) is 8.97. The van der Waals surface area contributed by atoms with Gasteiger partial charge in [-0.15, -0.1) is 0 Å². The van der Waals surface area contributed by atoms with E-state index in [1.54, 1.807) is 4.90 Å². The van der Waals surface area contributed by atoms with Crippen molar-refractivity contribution in [3.63, 3.8) is 0 Å². The van der Waals surface area contributed by atoms with Gasteiger partial charge >= 0.3 is 0 Å². The van der Waals surface area contributed by atoms with E-state index in [0.29, 0.717) is 19.1 Å². The van der Waals surface area contributed by atoms with E-state index < -0.39 is 10.0 Å². The van der Waals surface area contributed by atoms with Crippen LogP contribution in [-0.4, -0.2) is 63.4 Å². The van der Waals surface area contributed by atoms with Gasteiger partial charge in [-0.05, 0) is 55.6 Å². The standard InChI is InChI=1S/C22H32N2O5S/c1-15-11-12-24-19(22(15)23-30(2,26)27)13-28-17-9-7-16(8-10-17)18-5-3-4-6-20(18)29-14-21(24)25/h3-6,15-17,19,22-23H,7-14H2,1-2H3/t15-,16?,17?,19+,22?/m1/s1. The van der Waals surface area contributed by atoms with E-state index in [1.165, 1.54) is 11.8 Å². The summed E-state index contributed by atoms with van der Waals surface area (Å²) in [6, 6.07) is 7.29. The van der Waals surface area contributed by atoms with Crippen LogP contribution in [0.15, 0.2) is 24.3 Å². The maximum atomic E-state index is 13.1. The van der Waals surface area contributed by atoms with Crippen molar-refractivity contribution in [3.8, 4) is 5.75 Å². The van der Waals surface area contributed by atoms with Crippen LogP contribution in [0.25, 0.3) is 0 Å². The fraction of sp³-hybridized carbons (Fsp3) is 0.682. The van der Waals surface area contributed by atoms with Crippen LogP contribution in [0.3, 0.4) is 0 Å². The fourth-order valence-corrected chi connectivity index (χ4v) is 6.04. The Hall–Kier alpha value is -1.64. The van der Waals surface area contributed by atoms with Crippen molar-refractivity contribution in [2.24, 2.45) is 5.92 Å². The molecule has 1 unspecified atom stereocenters. The molecule has 5 rings (SSSR count). The second kappa shape index (κ2) is 8.85. The van der Waals surface area contributed by atoms with E-state index in [0.717, 1.165) is 37.9 Å². The Bertz CT molecular complexity index is 866. The molecule has 7 nitrogen and oxygen atoms in total. The number of nitrogens with zero attached hydrogens (tertiary/aromatic N) is 1. The fourth-order valence-electron chi connectivity index (χ4n) is 5.15. The molecule has 8 heteroatoms. The number of amides is 1. The van der Waals surface area contributed by atoms with Gasteiger partial charge in [-0.3, -0.25) is 4.79 Å². The molecular weight excluding hydrogens is 404 g/mol. The van der Waals surface area contributed by atoms with Crippen molar-refractivity contribution in [3.05, 3.63) is 29.8 Å². The highest BCUT2D eigenvalue weighted by atomic mass is 32.2. The van der Waals surface area contributed by atoms with E-state index in [9.17, 15) is 13.2 Å². The van der Waals surface area contributed by atoms with Crippen molar-refractivity contribution >= 4 is 15.9 Å². The lowest BCUT2D eigenvalue weighted by molar-refractivity contribution is -0.141. The predicted octanol–water partition coefficient (Wildman–Crippen LogP) is 2.28. The van der Waals surface area contributed by atoms with E-state index in [-0.39, 0.29) is 36.6 Å². The van der Waals surface area contributed by atoms with Gasteiger partial charge in [0.2, 0.25) is 10.0 Å². The van der Waals surface area contributed by atoms with Crippen molar-refractivity contribution in [2.45, 2.75) is 63.1 Å². The molecule has 1 aromatic carbocycles. The molecule has 1 N–H and O–H groups in total. The average Bonchev–Trinajstić information content (AvgIpc) is 2.73. The molecule has 4 aliphatic rings. The van der Waals surface area contributed by atoms with Gasteiger partial charge in [0, 0.05) is 12.6 Å². The molecule has 0 radical (unpaired) electrons. The Morgan fingerprint density at radius 2 is 1.83 bits per heavy atom. The van der Waals surface area contributed by atoms with Gasteiger partial charge in [-0.2, -0.15) is 0 Å². The highest BCUT2D eigenvalue weighted by Crippen LogP contribution is 2.39. The summed E-state index contributed by atoms with van der Waals surface area (Å²) in [5.41, 5.74) is 1.17. The maximum absolute atomic E-state index is 13.1. The number of piperidine rings is 1. The molecule has 2 bridgehead atoms. The van der Waals surface area contributed by atoms with Crippen LogP contribution in [-0.2, 0) is 19.6 Å². The van der Waals surface area contributed by atoms with Crippen LogP contribution in [0, 0.1) is 5.92 Å². The molecule has 0 aromatic heterocycles. The molecule has 1 saturated carbocycles. The quantitative estimate of drug-likeness (QED) is 0.769. The van der Waals surface area contributed by atoms with Crippen LogP contribution in [0.4, 0.5) is 0 Å². The lowest BCUT2D eigenvalue weighted by Crippen LogP contribution is -2.62. The van der Waals surface area contributed by atoms with Gasteiger partial charge in [0.1, 0.15) is 5.75 Å². The highest BCUT2D eigenvalue weighted by Gasteiger charge is 2.41. The Balaban J connectivity index is 1.63. The van der Waals surface area contributed by atoms with Crippen LogP contribution in [0.1, 0.15) is 50.5 Å². The number of carbonyl (C=O) groups is 1. The van der Waals surface area contributed by atoms with Crippen LogP contribution < -0.4 is 9.46 Å². The number of nitrogens with one attached hydrogen (secondary N) is 1. The number of hydrogen-bond donors (Lipinski definition) is 1. The number of sulfonamides is 1. The molecular formula is C22H32N2O5S. The number of fused-ring (bicyclic) bond motifs is 5. The molecule has 1 saturated heterocycles. The SMILES string of the molecule is C[C@@H]1CCN2C(=O)COc3ccccc3C3CCC(CC3)OC[C@H]2C1NS(C)(=O)=O. The number of carbonyl (C=O) groups excluding carboxylic acids is 1. The average molecular weight is 437 g/mol. The van der Waals surface area contributed by atoms with E-state index in [2.05, 4.69) is 10.8 Å². The molecule has 3 heterocycles. The van der Waals surface area contributed by atoms with Crippen LogP contribution in [0.2, 0.25) is 0 Å². The van der Waals surface area contributed by atoms with Crippen LogP contribution in [0.5, 0.6) is 5.75 Å². The van der Waals surface area contributed by atoms with E-state index in [1.807, 2.05) is 25.1 Å². The third kappa shape index (κ3) is 4.81. The van der Waals surface area contributed by atoms with Gasteiger partial charge in [0.15, 0.2) is 6.61 Å². The molecule has 1 aliphatic carbocycles. The lowest BCUT2D eigenvalue weighted by Gasteiger charge is -2.44. The summed E-state index contributed by atoms with van der Waals surface area (Å²) in [4.78, 5) is 14.9. The number of para-hydroxylation sites is 1. The van der Waals surface area contributed by atoms with E-state index >= 15 is 0 Å². The maximum Gasteiger partial charge on any atom is 0.260 e. The van der Waals surface area contributed by atoms with E-state index in [4.69, 9.17) is 9.47 Å². The third-order valence-electron chi connectivity index (χ3n) is 6.81. The van der Waals surface area contributed by atoms with Crippen molar-refractivity contribution in [1.29, 1.82) is 0 Å². The van der Waals surface area contributed by atoms with Gasteiger partial charge in [-0.25, -0.2) is 13.1 Å². The summed E-state index contributed by atoms with van der Waals surface area (Å²) >= 11 is 0. The minimum atomic E-state index is -3.41. The minimum Gasteiger partial charge on any atom is -0.483 e. The Morgan fingerprint density at radius 1 is 1.10 bits per heavy atom. The van der Waals surface area contributed by atoms with Gasteiger partial charge in [0.25, 0.3) is 5.91 Å². The molecule has 3 aliphatic heterocycles. The summed E-state index contributed by atoms with van der Waals surface area (Å²) in [5, 5.41) is 0. The van der Waals surface area contributed by atoms with Crippen molar-refractivity contribution in [2.75, 3.05) is 26.0 Å². The zero-order chi connectivity index (χ0) is 21.3. The molecule has 2 fully saturated rings. The number of ether oxygens (including phenoxy) is 2. The Labute approximate surface area is 179 Å². The molecule has 3 atom stereocenters. The summed E-state index contributed by atoms with van der Waals surface area (Å²) < 4.78 is 39.1. The Morgan fingerprint density at radius 3 is 2.57 bits per heavy atom. The molecule has 0 spiro atoms. The summed E-state index contributed by atoms with van der Waals surface area (Å²) in [6.45, 7) is 2.90. The zero-order valence-electron chi connectivity index (χ0n) is 17.7. The molecule has 1 aromatic rings. The molecule has 30 heavy (non-hydrogen) atoms. The molecule has 1 amide bonds. The molecule has 166 valence electrons. The smallest absolute Gasteiger partial charge is 0.260 e. The largest absolute Gasteiger partial charge is 0.483 e. The first-order valence-corrected chi connectivity index (χ1v) is 12.8. The number of rotatable bonds is 2. The first-order valence-electron chi connectivity index (χ1n) is 10.9. The lowest BCUT2D eigenvalue weighted by atomic mass is 9.82. The summed E-state index contributed by atoms with van der Waals surface area (Å²) in [6.07, 6.45) is 6.00. The minimum absolute atomic E-state index is 0.0519. The normalized spacial score (nSPS) is 32.8. The van der Waals surface area contributed by atoms with Crippen LogP contribution >= 0.6 is 0 Å². The first kappa shape index (κ1) is 21.6. The zero-order valence-corrected chi connectivity index (χ0v) is 18.6. The van der Waals surface area contributed by atoms with Gasteiger partial charge < -0.3 is 14.4 Å². The third-order valence-corrected chi connectivity index (χ3v) is 7.51. The second-order valence-corrected chi connectivity index (χ2v) is 10.7. The predicted molar refractivity (Wildman–Crippen MR) is 114 cm³/mol. The summed E-state index contributed by atoms with van der Waals surface area (Å²) in [7, 11) is -3.41. The first-order chi connectivity index (χ1) is 14.3. The van der Waals surface area contributed by atoms with Crippen molar-refractivity contribution in [1.82, 2.24) is 9.62 Å². The topological polar surface area (TPSA) is 84.9 Å². The summed E-state index contributed by atoms with van der Waals surface area (Å²) in [5.74, 6) is 1.18. The number of hydrogen-bond acceptors (Lipinski definition) is 5. The number of benzene rings is 1. The monoisotopic (exact) mass is 436 g/mol. The van der Waals surface area contributed by atoms with Crippen molar-refractivity contribution < 1.29 is 22.7 Å². The van der Waals surface area contributed by atoms with Gasteiger partial charge in [0.05, 0.1) is 25.0 Å².